The second kappa shape index (κ2) is 9.83. The summed E-state index contributed by atoms with van der Waals surface area (Å²) in [5.74, 6) is 0.304. The molecular weight excluding hydrogens is 333 g/mol. The van der Waals surface area contributed by atoms with Gasteiger partial charge in [0.15, 0.2) is 5.11 Å². The number of halogens is 2. The number of hydrazone groups is 1. The molecule has 0 atom stereocenters. The first-order valence-corrected chi connectivity index (χ1v) is 9.08. The van der Waals surface area contributed by atoms with E-state index in [0.29, 0.717) is 23.5 Å². The number of alkyl halides is 1. The molecule has 2 rings (SSSR count). The van der Waals surface area contributed by atoms with Gasteiger partial charge in [0, 0.05) is 11.9 Å². The molecule has 23 heavy (non-hydrogen) atoms. The van der Waals surface area contributed by atoms with Crippen molar-refractivity contribution < 1.29 is 4.39 Å². The minimum Gasteiger partial charge on any atom is -0.359 e. The molecule has 0 radical (unpaired) electrons. The second-order valence-electron chi connectivity index (χ2n) is 5.78. The summed E-state index contributed by atoms with van der Waals surface area (Å²) in [6, 6.07) is 6.76. The first-order valence-electron chi connectivity index (χ1n) is 8.14. The molecule has 1 aliphatic carbocycles. The van der Waals surface area contributed by atoms with Gasteiger partial charge in [0.25, 0.3) is 0 Å². The Bertz CT molecular complexity index is 527. The van der Waals surface area contributed by atoms with E-state index < -0.39 is 0 Å². The molecule has 0 spiro atoms. The average Bonchev–Trinajstić information content (AvgIpc) is 2.57. The minimum absolute atomic E-state index is 0.257. The van der Waals surface area contributed by atoms with Gasteiger partial charge in [0.2, 0.25) is 0 Å². The van der Waals surface area contributed by atoms with E-state index in [1.165, 1.54) is 31.4 Å². The van der Waals surface area contributed by atoms with Gasteiger partial charge in [0.05, 0.1) is 5.71 Å². The van der Waals surface area contributed by atoms with Crippen molar-refractivity contribution >= 4 is 34.6 Å². The van der Waals surface area contributed by atoms with E-state index in [2.05, 4.69) is 15.8 Å². The van der Waals surface area contributed by atoms with Crippen molar-refractivity contribution in [1.29, 1.82) is 0 Å². The zero-order valence-corrected chi connectivity index (χ0v) is 14.7. The number of hydrogen-bond acceptors (Lipinski definition) is 2. The molecule has 0 aromatic heterocycles. The third-order valence-electron chi connectivity index (χ3n) is 3.96. The van der Waals surface area contributed by atoms with Crippen molar-refractivity contribution in [3.8, 4) is 0 Å². The van der Waals surface area contributed by atoms with Crippen LogP contribution in [0.3, 0.4) is 0 Å². The van der Waals surface area contributed by atoms with Crippen molar-refractivity contribution in [2.24, 2.45) is 5.10 Å². The number of nitrogens with one attached hydrogen (secondary N) is 2. The highest BCUT2D eigenvalue weighted by molar-refractivity contribution is 7.80. The third kappa shape index (κ3) is 6.43. The molecule has 6 heteroatoms. The van der Waals surface area contributed by atoms with E-state index in [-0.39, 0.29) is 5.82 Å². The van der Waals surface area contributed by atoms with E-state index in [1.54, 1.807) is 12.1 Å². The van der Waals surface area contributed by atoms with Gasteiger partial charge in [0.1, 0.15) is 5.82 Å². The van der Waals surface area contributed by atoms with Crippen molar-refractivity contribution in [2.45, 2.75) is 51.0 Å². The molecule has 1 aliphatic rings. The van der Waals surface area contributed by atoms with E-state index in [4.69, 9.17) is 23.8 Å². The molecule has 1 aromatic carbocycles. The number of hydrogen-bond donors (Lipinski definition) is 2. The van der Waals surface area contributed by atoms with Crippen LogP contribution in [0.4, 0.5) is 4.39 Å². The van der Waals surface area contributed by atoms with Crippen LogP contribution in [0.5, 0.6) is 0 Å². The molecule has 0 saturated heterocycles. The van der Waals surface area contributed by atoms with E-state index in [0.717, 1.165) is 30.5 Å². The number of thiocarbonyl (C=S) groups is 1. The van der Waals surface area contributed by atoms with Gasteiger partial charge < -0.3 is 5.32 Å². The van der Waals surface area contributed by atoms with Crippen LogP contribution >= 0.6 is 23.8 Å². The summed E-state index contributed by atoms with van der Waals surface area (Å²) >= 11 is 11.1. The fourth-order valence-corrected chi connectivity index (χ4v) is 3.07. The normalized spacial score (nSPS) is 16.2. The smallest absolute Gasteiger partial charge is 0.187 e. The summed E-state index contributed by atoms with van der Waals surface area (Å²) in [4.78, 5) is 0. The maximum Gasteiger partial charge on any atom is 0.187 e. The first-order chi connectivity index (χ1) is 11.2. The highest BCUT2D eigenvalue weighted by atomic mass is 35.5. The maximum absolute atomic E-state index is 13.1. The van der Waals surface area contributed by atoms with E-state index >= 15 is 0 Å². The summed E-state index contributed by atoms with van der Waals surface area (Å²) in [6.45, 7) is 0. The highest BCUT2D eigenvalue weighted by Gasteiger charge is 2.13. The zero-order chi connectivity index (χ0) is 16.5. The molecule has 0 unspecified atom stereocenters. The Hall–Kier alpha value is -1.20. The fourth-order valence-electron chi connectivity index (χ4n) is 2.72. The average molecular weight is 356 g/mol. The molecule has 0 bridgehead atoms. The molecule has 126 valence electrons. The second-order valence-corrected chi connectivity index (χ2v) is 6.56. The molecule has 3 nitrogen and oxygen atoms in total. The molecule has 2 N–H and O–H groups in total. The van der Waals surface area contributed by atoms with Gasteiger partial charge in [-0.2, -0.15) is 5.10 Å². The van der Waals surface area contributed by atoms with Crippen molar-refractivity contribution in [1.82, 2.24) is 10.7 Å². The van der Waals surface area contributed by atoms with Crippen LogP contribution in [0.25, 0.3) is 0 Å². The van der Waals surface area contributed by atoms with Gasteiger partial charge in [-0.15, -0.1) is 11.6 Å². The Kier molecular flexibility index (Phi) is 7.76. The Morgan fingerprint density at radius 1 is 1.22 bits per heavy atom. The first kappa shape index (κ1) is 18.1. The van der Waals surface area contributed by atoms with Crippen LogP contribution in [-0.4, -0.2) is 22.7 Å². The zero-order valence-electron chi connectivity index (χ0n) is 13.2. The lowest BCUT2D eigenvalue weighted by Gasteiger charge is -2.23. The molecule has 1 fully saturated rings. The minimum atomic E-state index is -0.257. The highest BCUT2D eigenvalue weighted by Crippen LogP contribution is 2.17. The monoisotopic (exact) mass is 355 g/mol. The third-order valence-corrected chi connectivity index (χ3v) is 4.43. The maximum atomic E-state index is 13.1. The lowest BCUT2D eigenvalue weighted by atomic mass is 9.96. The molecule has 0 aliphatic heterocycles. The Morgan fingerprint density at radius 3 is 2.57 bits per heavy atom. The van der Waals surface area contributed by atoms with Crippen LogP contribution in [0.1, 0.15) is 50.5 Å². The number of rotatable bonds is 6. The van der Waals surface area contributed by atoms with Gasteiger partial charge in [-0.3, -0.25) is 5.43 Å². The van der Waals surface area contributed by atoms with Gasteiger partial charge in [-0.1, -0.05) is 31.4 Å². The molecule has 1 aromatic rings. The Balaban J connectivity index is 1.95. The SMILES string of the molecule is Fc1ccc(/C(CCCCl)=N\NC(=S)NC2CCCCC2)cc1. The quantitative estimate of drug-likeness (QED) is 0.345. The molecule has 0 amide bonds. The summed E-state index contributed by atoms with van der Waals surface area (Å²) in [6.07, 6.45) is 7.64. The van der Waals surface area contributed by atoms with Crippen LogP contribution in [0.2, 0.25) is 0 Å². The van der Waals surface area contributed by atoms with Crippen LogP contribution < -0.4 is 10.7 Å². The number of benzene rings is 1. The molecular formula is C17H23ClFN3S. The fraction of sp³-hybridized carbons (Fsp3) is 0.529. The van der Waals surface area contributed by atoms with Gasteiger partial charge in [-0.05, 0) is 55.6 Å². The lowest BCUT2D eigenvalue weighted by Crippen LogP contribution is -2.41. The predicted molar refractivity (Wildman–Crippen MR) is 98.6 cm³/mol. The Labute approximate surface area is 147 Å². The summed E-state index contributed by atoms with van der Waals surface area (Å²) < 4.78 is 13.1. The van der Waals surface area contributed by atoms with Crippen molar-refractivity contribution in [2.75, 3.05) is 5.88 Å². The van der Waals surface area contributed by atoms with Crippen molar-refractivity contribution in [3.05, 3.63) is 35.6 Å². The van der Waals surface area contributed by atoms with Crippen LogP contribution in [0, 0.1) is 5.82 Å². The van der Waals surface area contributed by atoms with Gasteiger partial charge in [-0.25, -0.2) is 4.39 Å². The molecule has 1 saturated carbocycles. The molecule has 0 heterocycles. The topological polar surface area (TPSA) is 36.4 Å². The lowest BCUT2D eigenvalue weighted by molar-refractivity contribution is 0.412. The predicted octanol–water partition coefficient (Wildman–Crippen LogP) is 4.35. The standard InChI is InChI=1S/C17H23ClFN3S/c18-12-4-7-16(13-8-10-14(19)11-9-13)21-22-17(23)20-15-5-2-1-3-6-15/h8-11,15H,1-7,12H2,(H2,20,22,23)/b21-16-. The van der Waals surface area contributed by atoms with Crippen molar-refractivity contribution in [3.63, 3.8) is 0 Å². The van der Waals surface area contributed by atoms with E-state index in [1.807, 2.05) is 0 Å². The van der Waals surface area contributed by atoms with Crippen LogP contribution in [0.15, 0.2) is 29.4 Å². The number of nitrogens with zero attached hydrogens (tertiary/aromatic N) is 1. The Morgan fingerprint density at radius 2 is 1.91 bits per heavy atom. The largest absolute Gasteiger partial charge is 0.359 e. The summed E-state index contributed by atoms with van der Waals surface area (Å²) in [5.41, 5.74) is 4.63. The van der Waals surface area contributed by atoms with Gasteiger partial charge >= 0.3 is 0 Å². The van der Waals surface area contributed by atoms with Crippen LogP contribution in [-0.2, 0) is 0 Å². The van der Waals surface area contributed by atoms with E-state index in [9.17, 15) is 4.39 Å². The summed E-state index contributed by atoms with van der Waals surface area (Å²) in [7, 11) is 0. The summed E-state index contributed by atoms with van der Waals surface area (Å²) in [5, 5.41) is 8.27.